The first-order chi connectivity index (χ1) is 9.35. The number of aliphatic hydroxyl groups is 1. The Morgan fingerprint density at radius 3 is 2.89 bits per heavy atom. The number of aliphatic hydroxyl groups excluding tert-OH is 1. The standard InChI is InChI=1S/C14H19N3OS/c1-2-8-15-14-16-12-7-4-3-6-11(12)13(17-14)19-10-5-9-18/h3-4,6-7,18H,2,5,8-10H2,1H3,(H,15,16,17). The van der Waals surface area contributed by atoms with Crippen LogP contribution >= 0.6 is 11.8 Å². The van der Waals surface area contributed by atoms with Crippen LogP contribution in [0.1, 0.15) is 19.8 Å². The van der Waals surface area contributed by atoms with Crippen molar-refractivity contribution in [2.75, 3.05) is 24.2 Å². The fourth-order valence-corrected chi connectivity index (χ4v) is 2.65. The molecule has 0 amide bonds. The van der Waals surface area contributed by atoms with Crippen LogP contribution in [0.3, 0.4) is 0 Å². The van der Waals surface area contributed by atoms with Gasteiger partial charge in [0.1, 0.15) is 5.03 Å². The zero-order chi connectivity index (χ0) is 13.5. The summed E-state index contributed by atoms with van der Waals surface area (Å²) in [7, 11) is 0. The molecule has 0 aliphatic heterocycles. The summed E-state index contributed by atoms with van der Waals surface area (Å²) >= 11 is 1.67. The number of nitrogens with one attached hydrogen (secondary N) is 1. The highest BCUT2D eigenvalue weighted by Gasteiger charge is 2.07. The van der Waals surface area contributed by atoms with Crippen molar-refractivity contribution in [1.29, 1.82) is 0 Å². The number of rotatable bonds is 7. The van der Waals surface area contributed by atoms with Gasteiger partial charge in [-0.15, -0.1) is 11.8 Å². The molecule has 0 fully saturated rings. The van der Waals surface area contributed by atoms with Crippen LogP contribution in [0.15, 0.2) is 29.3 Å². The van der Waals surface area contributed by atoms with Crippen LogP contribution in [0, 0.1) is 0 Å². The zero-order valence-electron chi connectivity index (χ0n) is 11.1. The Morgan fingerprint density at radius 2 is 2.11 bits per heavy atom. The third-order valence-electron chi connectivity index (χ3n) is 2.64. The largest absolute Gasteiger partial charge is 0.396 e. The van der Waals surface area contributed by atoms with Crippen LogP contribution in [-0.2, 0) is 0 Å². The third kappa shape index (κ3) is 3.81. The molecule has 0 radical (unpaired) electrons. The molecule has 0 atom stereocenters. The highest BCUT2D eigenvalue weighted by molar-refractivity contribution is 7.99. The fourth-order valence-electron chi connectivity index (χ4n) is 1.71. The topological polar surface area (TPSA) is 58.0 Å². The number of hydrogen-bond donors (Lipinski definition) is 2. The maximum atomic E-state index is 8.87. The second-order valence-corrected chi connectivity index (χ2v) is 5.31. The summed E-state index contributed by atoms with van der Waals surface area (Å²) in [5, 5.41) is 14.2. The van der Waals surface area contributed by atoms with Crippen LogP contribution < -0.4 is 5.32 Å². The second-order valence-electron chi connectivity index (χ2n) is 4.22. The Balaban J connectivity index is 2.28. The average Bonchev–Trinajstić information content (AvgIpc) is 2.45. The smallest absolute Gasteiger partial charge is 0.224 e. The minimum absolute atomic E-state index is 0.219. The van der Waals surface area contributed by atoms with Gasteiger partial charge in [0.2, 0.25) is 5.95 Å². The van der Waals surface area contributed by atoms with Crippen molar-refractivity contribution in [3.63, 3.8) is 0 Å². The van der Waals surface area contributed by atoms with E-state index in [1.54, 1.807) is 11.8 Å². The van der Waals surface area contributed by atoms with Gasteiger partial charge in [-0.25, -0.2) is 9.97 Å². The molecular weight excluding hydrogens is 258 g/mol. The van der Waals surface area contributed by atoms with Crippen LogP contribution in [0.25, 0.3) is 10.9 Å². The Bertz CT molecular complexity index is 533. The van der Waals surface area contributed by atoms with Gasteiger partial charge in [0.15, 0.2) is 0 Å². The third-order valence-corrected chi connectivity index (χ3v) is 3.72. The van der Waals surface area contributed by atoms with Crippen molar-refractivity contribution >= 4 is 28.6 Å². The van der Waals surface area contributed by atoms with Gasteiger partial charge in [-0.05, 0) is 18.9 Å². The number of thioether (sulfide) groups is 1. The summed E-state index contributed by atoms with van der Waals surface area (Å²) in [4.78, 5) is 9.09. The maximum absolute atomic E-state index is 8.87. The number of benzene rings is 1. The molecule has 19 heavy (non-hydrogen) atoms. The van der Waals surface area contributed by atoms with Gasteiger partial charge in [0.25, 0.3) is 0 Å². The molecule has 0 bridgehead atoms. The van der Waals surface area contributed by atoms with Gasteiger partial charge in [0.05, 0.1) is 5.52 Å². The van der Waals surface area contributed by atoms with E-state index >= 15 is 0 Å². The van der Waals surface area contributed by atoms with Crippen molar-refractivity contribution < 1.29 is 5.11 Å². The highest BCUT2D eigenvalue weighted by Crippen LogP contribution is 2.26. The monoisotopic (exact) mass is 277 g/mol. The zero-order valence-corrected chi connectivity index (χ0v) is 11.9. The second kappa shape index (κ2) is 7.31. The van der Waals surface area contributed by atoms with Gasteiger partial charge in [0, 0.05) is 24.3 Å². The van der Waals surface area contributed by atoms with E-state index in [-0.39, 0.29) is 6.61 Å². The Labute approximate surface area is 117 Å². The van der Waals surface area contributed by atoms with E-state index in [1.807, 2.05) is 24.3 Å². The summed E-state index contributed by atoms with van der Waals surface area (Å²) in [6.45, 7) is 3.21. The Hall–Kier alpha value is -1.33. The lowest BCUT2D eigenvalue weighted by Crippen LogP contribution is -2.05. The van der Waals surface area contributed by atoms with Gasteiger partial charge >= 0.3 is 0 Å². The predicted octanol–water partition coefficient (Wildman–Crippen LogP) is 2.93. The Kier molecular flexibility index (Phi) is 5.42. The molecule has 1 heterocycles. The van der Waals surface area contributed by atoms with E-state index in [9.17, 15) is 0 Å². The van der Waals surface area contributed by atoms with Crippen LogP contribution in [-0.4, -0.2) is 34.0 Å². The van der Waals surface area contributed by atoms with E-state index < -0.39 is 0 Å². The number of hydrogen-bond acceptors (Lipinski definition) is 5. The lowest BCUT2D eigenvalue weighted by atomic mass is 10.2. The maximum Gasteiger partial charge on any atom is 0.224 e. The molecule has 0 aliphatic carbocycles. The van der Waals surface area contributed by atoms with Gasteiger partial charge in [-0.3, -0.25) is 0 Å². The van der Waals surface area contributed by atoms with Gasteiger partial charge < -0.3 is 10.4 Å². The molecule has 0 spiro atoms. The number of nitrogens with zero attached hydrogens (tertiary/aromatic N) is 2. The number of aromatic nitrogens is 2. The van der Waals surface area contributed by atoms with Crippen molar-refractivity contribution in [1.82, 2.24) is 9.97 Å². The molecule has 2 rings (SSSR count). The van der Waals surface area contributed by atoms with Crippen molar-refractivity contribution in [3.8, 4) is 0 Å². The van der Waals surface area contributed by atoms with Gasteiger partial charge in [-0.2, -0.15) is 0 Å². The van der Waals surface area contributed by atoms with E-state index in [2.05, 4.69) is 22.2 Å². The molecule has 0 aliphatic rings. The van der Waals surface area contributed by atoms with Crippen LogP contribution in [0.2, 0.25) is 0 Å². The van der Waals surface area contributed by atoms with Crippen LogP contribution in [0.4, 0.5) is 5.95 Å². The van der Waals surface area contributed by atoms with E-state index in [0.29, 0.717) is 5.95 Å². The number of anilines is 1. The Morgan fingerprint density at radius 1 is 1.26 bits per heavy atom. The van der Waals surface area contributed by atoms with Gasteiger partial charge in [-0.1, -0.05) is 25.1 Å². The minimum atomic E-state index is 0.219. The normalized spacial score (nSPS) is 10.8. The molecular formula is C14H19N3OS. The van der Waals surface area contributed by atoms with Crippen molar-refractivity contribution in [2.45, 2.75) is 24.8 Å². The van der Waals surface area contributed by atoms with E-state index in [4.69, 9.17) is 5.11 Å². The summed E-state index contributed by atoms with van der Waals surface area (Å²) in [5.41, 5.74) is 0.961. The predicted molar refractivity (Wildman–Crippen MR) is 80.7 cm³/mol. The summed E-state index contributed by atoms with van der Waals surface area (Å²) in [6.07, 6.45) is 1.82. The van der Waals surface area contributed by atoms with Crippen molar-refractivity contribution in [3.05, 3.63) is 24.3 Å². The molecule has 102 valence electrons. The quantitative estimate of drug-likeness (QED) is 0.463. The molecule has 1 aromatic carbocycles. The molecule has 2 N–H and O–H groups in total. The highest BCUT2D eigenvalue weighted by atomic mass is 32.2. The fraction of sp³-hybridized carbons (Fsp3) is 0.429. The molecule has 0 saturated heterocycles. The number of para-hydroxylation sites is 1. The van der Waals surface area contributed by atoms with Crippen molar-refractivity contribution in [2.24, 2.45) is 0 Å². The summed E-state index contributed by atoms with van der Waals surface area (Å²) < 4.78 is 0. The van der Waals surface area contributed by atoms with Crippen LogP contribution in [0.5, 0.6) is 0 Å². The average molecular weight is 277 g/mol. The SMILES string of the molecule is CCCNc1nc(SCCCO)c2ccccc2n1. The molecule has 1 aromatic heterocycles. The minimum Gasteiger partial charge on any atom is -0.396 e. The molecule has 0 unspecified atom stereocenters. The molecule has 4 nitrogen and oxygen atoms in total. The summed E-state index contributed by atoms with van der Waals surface area (Å²) in [6, 6.07) is 8.03. The lowest BCUT2D eigenvalue weighted by Gasteiger charge is -2.09. The first kappa shape index (κ1) is 14.1. The van der Waals surface area contributed by atoms with E-state index in [1.165, 1.54) is 0 Å². The first-order valence-corrected chi connectivity index (χ1v) is 7.58. The van der Waals surface area contributed by atoms with E-state index in [0.717, 1.165) is 41.1 Å². The molecule has 0 saturated carbocycles. The number of fused-ring (bicyclic) bond motifs is 1. The molecule has 2 aromatic rings. The first-order valence-electron chi connectivity index (χ1n) is 6.59. The molecule has 5 heteroatoms. The summed E-state index contributed by atoms with van der Waals surface area (Å²) in [5.74, 6) is 1.55. The lowest BCUT2D eigenvalue weighted by molar-refractivity contribution is 0.296.